The summed E-state index contributed by atoms with van der Waals surface area (Å²) in [6.45, 7) is 2.97. The SMILES string of the molecule is C=CCC(CCCC(F)(C(F)(F)F)C(F)(F)F)CC(F)(C(F)(F)F)C(F)(F)F. The standard InChI is InChI=1S/C14H14F14/c1-2-4-8(7-10(16,13(23,24)25)14(26,27)28)5-3-6-9(15,11(17,18)19)12(20,21)22/h2,8H,1,3-7H2. The summed E-state index contributed by atoms with van der Waals surface area (Å²) in [5, 5.41) is 0. The first kappa shape index (κ1) is 26.8. The van der Waals surface area contributed by atoms with Crippen molar-refractivity contribution in [2.24, 2.45) is 5.92 Å². The van der Waals surface area contributed by atoms with Crippen LogP contribution in [0.3, 0.4) is 0 Å². The molecular weight excluding hydrogens is 434 g/mol. The minimum Gasteiger partial charge on any atom is -0.224 e. The van der Waals surface area contributed by atoms with E-state index in [0.717, 1.165) is 0 Å². The van der Waals surface area contributed by atoms with Crippen LogP contribution in [0.1, 0.15) is 32.1 Å². The van der Waals surface area contributed by atoms with E-state index < -0.39 is 74.1 Å². The Bertz CT molecular complexity index is 478. The molecule has 0 rings (SSSR count). The van der Waals surface area contributed by atoms with Gasteiger partial charge < -0.3 is 0 Å². The molecule has 28 heavy (non-hydrogen) atoms. The molecule has 0 aromatic carbocycles. The Morgan fingerprint density at radius 1 is 0.607 bits per heavy atom. The van der Waals surface area contributed by atoms with Crippen LogP contribution in [0.15, 0.2) is 12.7 Å². The predicted molar refractivity (Wildman–Crippen MR) is 68.7 cm³/mol. The van der Waals surface area contributed by atoms with Crippen LogP contribution in [0.25, 0.3) is 0 Å². The molecule has 0 saturated carbocycles. The maximum Gasteiger partial charge on any atom is 0.431 e. The molecule has 0 amide bonds. The van der Waals surface area contributed by atoms with E-state index >= 15 is 0 Å². The Kier molecular flexibility index (Phi) is 7.88. The van der Waals surface area contributed by atoms with Gasteiger partial charge in [0.15, 0.2) is 0 Å². The molecule has 0 radical (unpaired) electrons. The summed E-state index contributed by atoms with van der Waals surface area (Å²) in [4.78, 5) is 0. The van der Waals surface area contributed by atoms with Gasteiger partial charge >= 0.3 is 24.7 Å². The van der Waals surface area contributed by atoms with Crippen LogP contribution in [-0.4, -0.2) is 36.0 Å². The molecule has 0 nitrogen and oxygen atoms in total. The third kappa shape index (κ3) is 5.65. The lowest BCUT2D eigenvalue weighted by Gasteiger charge is -2.33. The number of hydrogen-bond donors (Lipinski definition) is 0. The third-order valence-corrected chi connectivity index (χ3v) is 4.00. The van der Waals surface area contributed by atoms with Gasteiger partial charge in [0.1, 0.15) is 0 Å². The van der Waals surface area contributed by atoms with Gasteiger partial charge in [-0.2, -0.15) is 52.7 Å². The highest BCUT2D eigenvalue weighted by molar-refractivity contribution is 4.98. The van der Waals surface area contributed by atoms with Gasteiger partial charge in [-0.25, -0.2) is 8.78 Å². The van der Waals surface area contributed by atoms with Crippen molar-refractivity contribution >= 4 is 0 Å². The molecule has 0 saturated heterocycles. The van der Waals surface area contributed by atoms with E-state index in [-0.39, 0.29) is 0 Å². The van der Waals surface area contributed by atoms with Crippen molar-refractivity contribution < 1.29 is 61.5 Å². The van der Waals surface area contributed by atoms with E-state index in [1.807, 2.05) is 0 Å². The fourth-order valence-electron chi connectivity index (χ4n) is 2.41. The summed E-state index contributed by atoms with van der Waals surface area (Å²) in [7, 11) is 0. The average Bonchev–Trinajstić information content (AvgIpc) is 2.42. The Balaban J connectivity index is 5.47. The minimum absolute atomic E-state index is 0.716. The lowest BCUT2D eigenvalue weighted by molar-refractivity contribution is -0.346. The molecule has 14 heteroatoms. The summed E-state index contributed by atoms with van der Waals surface area (Å²) < 4.78 is 177. The molecule has 0 aliphatic heterocycles. The Labute approximate surface area is 149 Å². The van der Waals surface area contributed by atoms with Gasteiger partial charge in [0.05, 0.1) is 0 Å². The number of alkyl halides is 14. The Morgan fingerprint density at radius 2 is 0.964 bits per heavy atom. The van der Waals surface area contributed by atoms with Gasteiger partial charge in [0.2, 0.25) is 0 Å². The van der Waals surface area contributed by atoms with Crippen molar-refractivity contribution in [3.8, 4) is 0 Å². The largest absolute Gasteiger partial charge is 0.431 e. The quantitative estimate of drug-likeness (QED) is 0.268. The van der Waals surface area contributed by atoms with Crippen molar-refractivity contribution in [3.63, 3.8) is 0 Å². The lowest BCUT2D eigenvalue weighted by Crippen LogP contribution is -2.54. The highest BCUT2D eigenvalue weighted by Gasteiger charge is 2.73. The fraction of sp³-hybridized carbons (Fsp3) is 0.857. The van der Waals surface area contributed by atoms with Crippen molar-refractivity contribution in [1.82, 2.24) is 0 Å². The monoisotopic (exact) mass is 448 g/mol. The number of halogens is 14. The van der Waals surface area contributed by atoms with Gasteiger partial charge in [-0.15, -0.1) is 6.58 Å². The van der Waals surface area contributed by atoms with Gasteiger partial charge in [-0.1, -0.05) is 6.08 Å². The van der Waals surface area contributed by atoms with Crippen LogP contribution in [0.4, 0.5) is 61.5 Å². The lowest BCUT2D eigenvalue weighted by atomic mass is 9.84. The molecule has 1 unspecified atom stereocenters. The normalized spacial score (nSPS) is 16.2. The van der Waals surface area contributed by atoms with Crippen LogP contribution in [0.2, 0.25) is 0 Å². The number of allylic oxidation sites excluding steroid dienone is 1. The zero-order valence-corrected chi connectivity index (χ0v) is 13.7. The molecule has 0 spiro atoms. The second-order valence-electron chi connectivity index (χ2n) is 6.08. The van der Waals surface area contributed by atoms with Crippen molar-refractivity contribution in [1.29, 1.82) is 0 Å². The average molecular weight is 448 g/mol. The number of hydrogen-bond acceptors (Lipinski definition) is 0. The Morgan fingerprint density at radius 3 is 1.25 bits per heavy atom. The van der Waals surface area contributed by atoms with E-state index in [2.05, 4.69) is 6.58 Å². The first-order valence-corrected chi connectivity index (χ1v) is 7.39. The summed E-state index contributed by atoms with van der Waals surface area (Å²) in [6.07, 6.45) is -33.0. The molecule has 0 bridgehead atoms. The third-order valence-electron chi connectivity index (χ3n) is 4.00. The highest BCUT2D eigenvalue weighted by atomic mass is 19.4. The summed E-state index contributed by atoms with van der Waals surface area (Å²) in [6, 6.07) is 0. The van der Waals surface area contributed by atoms with Gasteiger partial charge in [0, 0.05) is 6.42 Å². The summed E-state index contributed by atoms with van der Waals surface area (Å²) >= 11 is 0. The van der Waals surface area contributed by atoms with Crippen LogP contribution in [-0.2, 0) is 0 Å². The van der Waals surface area contributed by atoms with E-state index in [9.17, 15) is 61.5 Å². The molecule has 168 valence electrons. The van der Waals surface area contributed by atoms with Crippen molar-refractivity contribution in [2.75, 3.05) is 0 Å². The highest BCUT2D eigenvalue weighted by Crippen LogP contribution is 2.52. The zero-order chi connectivity index (χ0) is 22.8. The molecule has 0 aromatic rings. The topological polar surface area (TPSA) is 0 Å². The van der Waals surface area contributed by atoms with Crippen LogP contribution in [0.5, 0.6) is 0 Å². The van der Waals surface area contributed by atoms with E-state index in [1.54, 1.807) is 0 Å². The van der Waals surface area contributed by atoms with E-state index in [1.165, 1.54) is 0 Å². The fourth-order valence-corrected chi connectivity index (χ4v) is 2.41. The molecule has 0 aliphatic rings. The van der Waals surface area contributed by atoms with Crippen LogP contribution < -0.4 is 0 Å². The van der Waals surface area contributed by atoms with Gasteiger partial charge in [-0.05, 0) is 31.6 Å². The summed E-state index contributed by atoms with van der Waals surface area (Å²) in [5.41, 5.74) is -11.5. The molecule has 1 atom stereocenters. The smallest absolute Gasteiger partial charge is 0.224 e. The second kappa shape index (κ2) is 8.25. The van der Waals surface area contributed by atoms with E-state index in [0.29, 0.717) is 6.08 Å². The van der Waals surface area contributed by atoms with Crippen LogP contribution in [0, 0.1) is 5.92 Å². The van der Waals surface area contributed by atoms with Crippen molar-refractivity contribution in [3.05, 3.63) is 12.7 Å². The van der Waals surface area contributed by atoms with E-state index in [4.69, 9.17) is 0 Å². The molecule has 0 aromatic heterocycles. The molecule has 0 N–H and O–H groups in total. The Hall–Kier alpha value is -1.24. The maximum atomic E-state index is 13.7. The summed E-state index contributed by atoms with van der Waals surface area (Å²) in [5.74, 6) is -1.99. The minimum atomic E-state index is -6.44. The van der Waals surface area contributed by atoms with Crippen LogP contribution >= 0.6 is 0 Å². The molecule has 0 fully saturated rings. The zero-order valence-electron chi connectivity index (χ0n) is 13.7. The second-order valence-corrected chi connectivity index (χ2v) is 6.08. The maximum absolute atomic E-state index is 13.7. The first-order chi connectivity index (χ1) is 12.1. The molecule has 0 aliphatic carbocycles. The molecule has 0 heterocycles. The predicted octanol–water partition coefficient (Wildman–Crippen LogP) is 7.40. The molecular formula is C14H14F14. The number of rotatable bonds is 8. The van der Waals surface area contributed by atoms with Crippen molar-refractivity contribution in [2.45, 2.75) is 68.1 Å². The van der Waals surface area contributed by atoms with Gasteiger partial charge in [-0.3, -0.25) is 0 Å². The first-order valence-electron chi connectivity index (χ1n) is 7.39. The van der Waals surface area contributed by atoms with Gasteiger partial charge in [0.25, 0.3) is 11.3 Å².